The van der Waals surface area contributed by atoms with Crippen molar-refractivity contribution in [3.05, 3.63) is 0 Å². The quantitative estimate of drug-likeness (QED) is 0.805. The second-order valence-electron chi connectivity index (χ2n) is 5.65. The van der Waals surface area contributed by atoms with E-state index in [4.69, 9.17) is 5.14 Å². The monoisotopic (exact) mass is 274 g/mol. The highest BCUT2D eigenvalue weighted by molar-refractivity contribution is 7.89. The van der Waals surface area contributed by atoms with E-state index >= 15 is 0 Å². The average molecular weight is 274 g/mol. The number of carbonyl (C=O) groups is 1. The Hall–Kier alpha value is -0.620. The molecule has 3 atom stereocenters. The van der Waals surface area contributed by atoms with Gasteiger partial charge in [0.05, 0.1) is 5.25 Å². The summed E-state index contributed by atoms with van der Waals surface area (Å²) in [4.78, 5) is 14.1. The summed E-state index contributed by atoms with van der Waals surface area (Å²) in [5.41, 5.74) is 0. The Morgan fingerprint density at radius 1 is 1.22 bits per heavy atom. The summed E-state index contributed by atoms with van der Waals surface area (Å²) in [6, 6.07) is 0. The van der Waals surface area contributed by atoms with E-state index in [2.05, 4.69) is 6.92 Å². The van der Waals surface area contributed by atoms with E-state index in [0.29, 0.717) is 18.9 Å². The van der Waals surface area contributed by atoms with Crippen LogP contribution in [0.25, 0.3) is 0 Å². The van der Waals surface area contributed by atoms with Gasteiger partial charge >= 0.3 is 0 Å². The molecule has 6 heteroatoms. The maximum atomic E-state index is 12.4. The molecule has 0 spiro atoms. The number of likely N-dealkylation sites (tertiary alicyclic amines) is 1. The molecule has 0 aromatic carbocycles. The van der Waals surface area contributed by atoms with Gasteiger partial charge in [-0.3, -0.25) is 4.79 Å². The molecule has 1 saturated carbocycles. The standard InChI is InChI=1S/C12H22N2O3S/c1-9-4-2-6-11(9)12(15)14-7-3-5-10(8-14)18(13,16)17/h9-11H,2-8H2,1H3,(H2,13,16,17). The summed E-state index contributed by atoms with van der Waals surface area (Å²) >= 11 is 0. The minimum atomic E-state index is -3.52. The molecule has 0 radical (unpaired) electrons. The molecule has 2 aliphatic rings. The SMILES string of the molecule is CC1CCCC1C(=O)N1CCCC(S(N)(=O)=O)C1. The van der Waals surface area contributed by atoms with Crippen molar-refractivity contribution in [1.82, 2.24) is 4.90 Å². The van der Waals surface area contributed by atoms with Gasteiger partial charge in [0.25, 0.3) is 0 Å². The number of piperidine rings is 1. The topological polar surface area (TPSA) is 80.5 Å². The molecule has 0 aromatic heterocycles. The number of hydrogen-bond donors (Lipinski definition) is 1. The Morgan fingerprint density at radius 3 is 2.50 bits per heavy atom. The van der Waals surface area contributed by atoms with Crippen LogP contribution in [0.2, 0.25) is 0 Å². The second kappa shape index (κ2) is 5.17. The van der Waals surface area contributed by atoms with Gasteiger partial charge in [0.15, 0.2) is 0 Å². The number of amides is 1. The van der Waals surface area contributed by atoms with Crippen LogP contribution < -0.4 is 5.14 Å². The molecule has 5 nitrogen and oxygen atoms in total. The third-order valence-corrected chi connectivity index (χ3v) is 5.65. The lowest BCUT2D eigenvalue weighted by molar-refractivity contribution is -0.137. The molecule has 2 N–H and O–H groups in total. The van der Waals surface area contributed by atoms with E-state index in [1.807, 2.05) is 0 Å². The van der Waals surface area contributed by atoms with E-state index in [0.717, 1.165) is 25.7 Å². The largest absolute Gasteiger partial charge is 0.341 e. The minimum Gasteiger partial charge on any atom is -0.341 e. The van der Waals surface area contributed by atoms with Crippen molar-refractivity contribution in [2.45, 2.75) is 44.3 Å². The van der Waals surface area contributed by atoms with Crippen LogP contribution in [0.15, 0.2) is 0 Å². The molecule has 1 amide bonds. The van der Waals surface area contributed by atoms with E-state index in [1.54, 1.807) is 4.90 Å². The first-order valence-corrected chi connectivity index (χ1v) is 8.31. The second-order valence-corrected chi connectivity index (χ2v) is 7.50. The van der Waals surface area contributed by atoms with E-state index in [-0.39, 0.29) is 18.4 Å². The molecule has 1 saturated heterocycles. The van der Waals surface area contributed by atoms with Crippen molar-refractivity contribution < 1.29 is 13.2 Å². The zero-order chi connectivity index (χ0) is 13.3. The zero-order valence-electron chi connectivity index (χ0n) is 10.8. The van der Waals surface area contributed by atoms with Crippen molar-refractivity contribution in [1.29, 1.82) is 0 Å². The predicted molar refractivity (Wildman–Crippen MR) is 69.2 cm³/mol. The highest BCUT2D eigenvalue weighted by atomic mass is 32.2. The smallest absolute Gasteiger partial charge is 0.225 e. The first kappa shape index (κ1) is 13.8. The molecule has 3 unspecified atom stereocenters. The van der Waals surface area contributed by atoms with Crippen LogP contribution in [0.1, 0.15) is 39.0 Å². The number of carbonyl (C=O) groups excluding carboxylic acids is 1. The number of nitrogens with two attached hydrogens (primary N) is 1. The van der Waals surface area contributed by atoms with Crippen LogP contribution >= 0.6 is 0 Å². The summed E-state index contributed by atoms with van der Waals surface area (Å²) in [5.74, 6) is 0.643. The number of hydrogen-bond acceptors (Lipinski definition) is 3. The van der Waals surface area contributed by atoms with Crippen molar-refractivity contribution in [2.75, 3.05) is 13.1 Å². The Bertz CT molecular complexity index is 421. The van der Waals surface area contributed by atoms with Gasteiger partial charge in [-0.1, -0.05) is 13.3 Å². The van der Waals surface area contributed by atoms with Crippen LogP contribution in [-0.4, -0.2) is 37.6 Å². The van der Waals surface area contributed by atoms with Gasteiger partial charge in [-0.2, -0.15) is 0 Å². The molecular formula is C12H22N2O3S. The van der Waals surface area contributed by atoms with Crippen LogP contribution in [-0.2, 0) is 14.8 Å². The van der Waals surface area contributed by atoms with Crippen LogP contribution in [0.3, 0.4) is 0 Å². The Balaban J connectivity index is 2.02. The highest BCUT2D eigenvalue weighted by Crippen LogP contribution is 2.33. The van der Waals surface area contributed by atoms with Gasteiger partial charge in [-0.15, -0.1) is 0 Å². The predicted octanol–water partition coefficient (Wildman–Crippen LogP) is 0.702. The number of primary sulfonamides is 1. The van der Waals surface area contributed by atoms with Crippen LogP contribution in [0.4, 0.5) is 0 Å². The molecule has 0 bridgehead atoms. The fourth-order valence-electron chi connectivity index (χ4n) is 3.15. The lowest BCUT2D eigenvalue weighted by atomic mass is 9.95. The molecule has 0 aromatic rings. The highest BCUT2D eigenvalue weighted by Gasteiger charge is 2.36. The molecule has 1 heterocycles. The maximum Gasteiger partial charge on any atom is 0.225 e. The van der Waals surface area contributed by atoms with E-state index in [9.17, 15) is 13.2 Å². The molecule has 2 fully saturated rings. The third kappa shape index (κ3) is 2.85. The van der Waals surface area contributed by atoms with Crippen molar-refractivity contribution in [2.24, 2.45) is 17.0 Å². The fraction of sp³-hybridized carbons (Fsp3) is 0.917. The molecule has 1 aliphatic heterocycles. The first-order chi connectivity index (χ1) is 8.39. The first-order valence-electron chi connectivity index (χ1n) is 6.70. The van der Waals surface area contributed by atoms with Gasteiger partial charge in [0.2, 0.25) is 15.9 Å². The average Bonchev–Trinajstić information content (AvgIpc) is 2.73. The summed E-state index contributed by atoms with van der Waals surface area (Å²) in [7, 11) is -3.52. The van der Waals surface area contributed by atoms with Gasteiger partial charge < -0.3 is 4.90 Å². The summed E-state index contributed by atoms with van der Waals surface area (Å²) < 4.78 is 22.8. The van der Waals surface area contributed by atoms with Crippen LogP contribution in [0, 0.1) is 11.8 Å². The van der Waals surface area contributed by atoms with Gasteiger partial charge in [0, 0.05) is 19.0 Å². The summed E-state index contributed by atoms with van der Waals surface area (Å²) in [6.07, 6.45) is 4.44. The van der Waals surface area contributed by atoms with E-state index in [1.165, 1.54) is 0 Å². The number of nitrogens with zero attached hydrogens (tertiary/aromatic N) is 1. The Kier molecular flexibility index (Phi) is 3.96. The normalized spacial score (nSPS) is 33.7. The summed E-state index contributed by atoms with van der Waals surface area (Å²) in [6.45, 7) is 3.06. The van der Waals surface area contributed by atoms with Gasteiger partial charge in [-0.25, -0.2) is 13.6 Å². The molecule has 18 heavy (non-hydrogen) atoms. The molecule has 1 aliphatic carbocycles. The lowest BCUT2D eigenvalue weighted by Crippen LogP contribution is -2.49. The Labute approximate surface area is 109 Å². The van der Waals surface area contributed by atoms with Crippen molar-refractivity contribution >= 4 is 15.9 Å². The van der Waals surface area contributed by atoms with Crippen molar-refractivity contribution in [3.63, 3.8) is 0 Å². The third-order valence-electron chi connectivity index (χ3n) is 4.33. The molecular weight excluding hydrogens is 252 g/mol. The number of sulfonamides is 1. The lowest BCUT2D eigenvalue weighted by Gasteiger charge is -2.34. The van der Waals surface area contributed by atoms with Crippen molar-refractivity contribution in [3.8, 4) is 0 Å². The zero-order valence-corrected chi connectivity index (χ0v) is 11.7. The summed E-state index contributed by atoms with van der Waals surface area (Å²) in [5, 5.41) is 4.61. The fourth-order valence-corrected chi connectivity index (χ4v) is 4.04. The molecule has 2 rings (SSSR count). The van der Waals surface area contributed by atoms with Crippen LogP contribution in [0.5, 0.6) is 0 Å². The number of rotatable bonds is 2. The maximum absolute atomic E-state index is 12.4. The Morgan fingerprint density at radius 2 is 1.94 bits per heavy atom. The molecule has 104 valence electrons. The minimum absolute atomic E-state index is 0.0872. The van der Waals surface area contributed by atoms with E-state index < -0.39 is 15.3 Å². The van der Waals surface area contributed by atoms with Gasteiger partial charge in [0.1, 0.15) is 0 Å². The van der Waals surface area contributed by atoms with Gasteiger partial charge in [-0.05, 0) is 31.6 Å².